The standard InChI is InChI=1S/C12H13ClN2S/c1-3-7-5-9-10(13)14-11(8-4-6(8)2)15-12(9)16-7/h5-6,8H,3-4H2,1-2H3. The van der Waals surface area contributed by atoms with E-state index >= 15 is 0 Å². The van der Waals surface area contributed by atoms with Gasteiger partial charge in [0.1, 0.15) is 15.8 Å². The Morgan fingerprint density at radius 3 is 2.88 bits per heavy atom. The molecule has 16 heavy (non-hydrogen) atoms. The van der Waals surface area contributed by atoms with Crippen LogP contribution in [-0.4, -0.2) is 9.97 Å². The Balaban J connectivity index is 2.13. The van der Waals surface area contributed by atoms with Gasteiger partial charge < -0.3 is 0 Å². The molecule has 0 aliphatic heterocycles. The molecule has 0 saturated heterocycles. The molecule has 2 unspecified atom stereocenters. The van der Waals surface area contributed by atoms with Gasteiger partial charge in [0, 0.05) is 16.2 Å². The van der Waals surface area contributed by atoms with Crippen molar-refractivity contribution in [1.82, 2.24) is 9.97 Å². The quantitative estimate of drug-likeness (QED) is 0.754. The van der Waals surface area contributed by atoms with Crippen LogP contribution in [0.2, 0.25) is 5.15 Å². The molecule has 2 nitrogen and oxygen atoms in total. The molecule has 2 heterocycles. The first kappa shape index (κ1) is 10.5. The van der Waals surface area contributed by atoms with Gasteiger partial charge >= 0.3 is 0 Å². The van der Waals surface area contributed by atoms with Crippen LogP contribution >= 0.6 is 22.9 Å². The van der Waals surface area contributed by atoms with E-state index in [1.807, 2.05) is 0 Å². The number of aromatic nitrogens is 2. The molecule has 1 saturated carbocycles. The van der Waals surface area contributed by atoms with E-state index < -0.39 is 0 Å². The summed E-state index contributed by atoms with van der Waals surface area (Å²) in [4.78, 5) is 11.4. The highest BCUT2D eigenvalue weighted by atomic mass is 35.5. The van der Waals surface area contributed by atoms with Crippen LogP contribution < -0.4 is 0 Å². The molecule has 0 amide bonds. The summed E-state index contributed by atoms with van der Waals surface area (Å²) in [5.41, 5.74) is 0. The second-order valence-corrected chi connectivity index (χ2v) is 5.95. The van der Waals surface area contributed by atoms with Crippen LogP contribution in [0.3, 0.4) is 0 Å². The Bertz CT molecular complexity index is 549. The number of fused-ring (bicyclic) bond motifs is 1. The number of hydrogen-bond acceptors (Lipinski definition) is 3. The summed E-state index contributed by atoms with van der Waals surface area (Å²) in [7, 11) is 0. The molecule has 2 atom stereocenters. The van der Waals surface area contributed by atoms with E-state index in [1.54, 1.807) is 11.3 Å². The summed E-state index contributed by atoms with van der Waals surface area (Å²) in [5, 5.41) is 1.63. The highest BCUT2D eigenvalue weighted by Gasteiger charge is 2.37. The first-order chi connectivity index (χ1) is 7.69. The topological polar surface area (TPSA) is 25.8 Å². The number of hydrogen-bond donors (Lipinski definition) is 0. The normalized spacial score (nSPS) is 23.9. The lowest BCUT2D eigenvalue weighted by Gasteiger charge is -1.98. The summed E-state index contributed by atoms with van der Waals surface area (Å²) in [6, 6.07) is 2.11. The highest BCUT2D eigenvalue weighted by molar-refractivity contribution is 7.18. The Morgan fingerprint density at radius 2 is 2.25 bits per heavy atom. The van der Waals surface area contributed by atoms with Gasteiger partial charge in [-0.1, -0.05) is 25.4 Å². The van der Waals surface area contributed by atoms with Crippen LogP contribution in [0, 0.1) is 5.92 Å². The van der Waals surface area contributed by atoms with Gasteiger partial charge in [-0.2, -0.15) is 0 Å². The molecule has 1 aliphatic rings. The number of halogens is 1. The summed E-state index contributed by atoms with van der Waals surface area (Å²) in [6.45, 7) is 4.38. The predicted molar refractivity (Wildman–Crippen MR) is 68.3 cm³/mol. The second-order valence-electron chi connectivity index (χ2n) is 4.48. The first-order valence-corrected chi connectivity index (χ1v) is 6.84. The second kappa shape index (κ2) is 3.67. The molecule has 4 heteroatoms. The van der Waals surface area contributed by atoms with E-state index in [1.165, 1.54) is 11.3 Å². The van der Waals surface area contributed by atoms with Gasteiger partial charge in [0.15, 0.2) is 0 Å². The molecule has 0 N–H and O–H groups in total. The van der Waals surface area contributed by atoms with Crippen molar-refractivity contribution in [2.75, 3.05) is 0 Å². The zero-order valence-electron chi connectivity index (χ0n) is 9.33. The van der Waals surface area contributed by atoms with Crippen molar-refractivity contribution in [1.29, 1.82) is 0 Å². The fourth-order valence-corrected chi connectivity index (χ4v) is 3.23. The predicted octanol–water partition coefficient (Wildman–Crippen LogP) is 4.03. The third kappa shape index (κ3) is 1.62. The number of aryl methyl sites for hydroxylation is 1. The molecular weight excluding hydrogens is 240 g/mol. The fourth-order valence-electron chi connectivity index (χ4n) is 1.97. The van der Waals surface area contributed by atoms with Crippen molar-refractivity contribution in [3.63, 3.8) is 0 Å². The Hall–Kier alpha value is -0.670. The first-order valence-electron chi connectivity index (χ1n) is 5.65. The average Bonchev–Trinajstić information content (AvgIpc) is 2.84. The summed E-state index contributed by atoms with van der Waals surface area (Å²) in [5.74, 6) is 2.20. The summed E-state index contributed by atoms with van der Waals surface area (Å²) >= 11 is 7.94. The lowest BCUT2D eigenvalue weighted by atomic mass is 10.3. The minimum Gasteiger partial charge on any atom is -0.222 e. The van der Waals surface area contributed by atoms with Gasteiger partial charge in [0.05, 0.1) is 0 Å². The molecule has 84 valence electrons. The number of rotatable bonds is 2. The van der Waals surface area contributed by atoms with Crippen LogP contribution in [0.1, 0.15) is 36.9 Å². The maximum absolute atomic E-state index is 6.21. The van der Waals surface area contributed by atoms with Gasteiger partial charge in [-0.25, -0.2) is 9.97 Å². The zero-order chi connectivity index (χ0) is 11.3. The smallest absolute Gasteiger partial charge is 0.141 e. The van der Waals surface area contributed by atoms with Crippen molar-refractivity contribution in [2.24, 2.45) is 5.92 Å². The van der Waals surface area contributed by atoms with E-state index in [2.05, 4.69) is 29.9 Å². The van der Waals surface area contributed by atoms with Crippen molar-refractivity contribution >= 4 is 33.2 Å². The largest absolute Gasteiger partial charge is 0.222 e. The van der Waals surface area contributed by atoms with E-state index in [-0.39, 0.29) is 0 Å². The van der Waals surface area contributed by atoms with Crippen LogP contribution in [0.4, 0.5) is 0 Å². The molecule has 2 aromatic rings. The Morgan fingerprint density at radius 1 is 1.50 bits per heavy atom. The van der Waals surface area contributed by atoms with Gasteiger partial charge in [-0.05, 0) is 24.8 Å². The minimum absolute atomic E-state index is 0.536. The molecule has 0 spiro atoms. The molecule has 1 aliphatic carbocycles. The summed E-state index contributed by atoms with van der Waals surface area (Å²) < 4.78 is 0. The lowest BCUT2D eigenvalue weighted by molar-refractivity contribution is 0.853. The van der Waals surface area contributed by atoms with Gasteiger partial charge in [0.25, 0.3) is 0 Å². The Labute approximate surface area is 104 Å². The SMILES string of the molecule is CCc1cc2c(Cl)nc(C3CC3C)nc2s1. The minimum atomic E-state index is 0.536. The van der Waals surface area contributed by atoms with E-state index in [9.17, 15) is 0 Å². The van der Waals surface area contributed by atoms with Crippen molar-refractivity contribution in [3.8, 4) is 0 Å². The molecule has 0 aromatic carbocycles. The number of nitrogens with zero attached hydrogens (tertiary/aromatic N) is 2. The lowest BCUT2D eigenvalue weighted by Crippen LogP contribution is -1.93. The molecule has 2 aromatic heterocycles. The maximum Gasteiger partial charge on any atom is 0.141 e. The van der Waals surface area contributed by atoms with Crippen LogP contribution in [0.5, 0.6) is 0 Å². The maximum atomic E-state index is 6.21. The highest BCUT2D eigenvalue weighted by Crippen LogP contribution is 2.46. The van der Waals surface area contributed by atoms with Crippen molar-refractivity contribution < 1.29 is 0 Å². The molecular formula is C12H13ClN2S. The van der Waals surface area contributed by atoms with E-state index in [0.717, 1.165) is 28.4 Å². The molecule has 0 radical (unpaired) electrons. The van der Waals surface area contributed by atoms with Crippen molar-refractivity contribution in [3.05, 3.63) is 21.9 Å². The third-order valence-corrected chi connectivity index (χ3v) is 4.67. The van der Waals surface area contributed by atoms with Crippen LogP contribution in [0.25, 0.3) is 10.2 Å². The van der Waals surface area contributed by atoms with Crippen LogP contribution in [-0.2, 0) is 6.42 Å². The summed E-state index contributed by atoms with van der Waals surface area (Å²) in [6.07, 6.45) is 2.24. The van der Waals surface area contributed by atoms with E-state index in [0.29, 0.717) is 11.1 Å². The molecule has 3 rings (SSSR count). The van der Waals surface area contributed by atoms with Gasteiger partial charge in [0.2, 0.25) is 0 Å². The molecule has 1 fully saturated rings. The van der Waals surface area contributed by atoms with Gasteiger partial charge in [-0.15, -0.1) is 11.3 Å². The van der Waals surface area contributed by atoms with Crippen molar-refractivity contribution in [2.45, 2.75) is 32.6 Å². The number of thiophene rings is 1. The zero-order valence-corrected chi connectivity index (χ0v) is 10.9. The molecule has 0 bridgehead atoms. The average molecular weight is 253 g/mol. The van der Waals surface area contributed by atoms with E-state index in [4.69, 9.17) is 11.6 Å². The fraction of sp³-hybridized carbons (Fsp3) is 0.500. The Kier molecular flexibility index (Phi) is 2.41. The third-order valence-electron chi connectivity index (χ3n) is 3.20. The monoisotopic (exact) mass is 252 g/mol. The van der Waals surface area contributed by atoms with Gasteiger partial charge in [-0.3, -0.25) is 0 Å². The van der Waals surface area contributed by atoms with Crippen LogP contribution in [0.15, 0.2) is 6.07 Å².